The highest BCUT2D eigenvalue weighted by molar-refractivity contribution is 7.28. The van der Waals surface area contributed by atoms with Crippen molar-refractivity contribution in [2.24, 2.45) is 0 Å². The van der Waals surface area contributed by atoms with E-state index in [1.54, 1.807) is 0 Å². The molecule has 0 saturated carbocycles. The van der Waals surface area contributed by atoms with Gasteiger partial charge in [-0.05, 0) is 47.9 Å². The summed E-state index contributed by atoms with van der Waals surface area (Å²) in [6.45, 7) is 0. The van der Waals surface area contributed by atoms with Crippen molar-refractivity contribution in [3.05, 3.63) is 120 Å². The first-order chi connectivity index (χ1) is 27.7. The van der Waals surface area contributed by atoms with E-state index in [-0.39, 0.29) is 44.1 Å². The molecule has 14 radical (unpaired) electrons. The molecule has 3 heterocycles. The average molecular weight is 725 g/mol. The van der Waals surface area contributed by atoms with Gasteiger partial charge < -0.3 is 4.57 Å². The smallest absolute Gasteiger partial charge is 0.172 e. The number of para-hydroxylation sites is 2. The Kier molecular flexibility index (Phi) is 8.50. The van der Waals surface area contributed by atoms with Gasteiger partial charge in [0.15, 0.2) is 17.5 Å². The molecule has 0 aliphatic heterocycles. The second-order valence-electron chi connectivity index (χ2n) is 14.0. The van der Waals surface area contributed by atoms with Crippen LogP contribution in [0.15, 0.2) is 97.1 Å². The van der Waals surface area contributed by atoms with Gasteiger partial charge in [0.25, 0.3) is 0 Å². The Morgan fingerprint density at radius 1 is 0.561 bits per heavy atom. The monoisotopic (exact) mass is 726 g/mol. The molecule has 3 aromatic heterocycles. The molecule has 12 heteroatoms. The van der Waals surface area contributed by atoms with Crippen LogP contribution in [0.3, 0.4) is 0 Å². The zero-order valence-corrected chi connectivity index (χ0v) is 31.3. The molecule has 4 nitrogen and oxygen atoms in total. The van der Waals surface area contributed by atoms with Crippen LogP contribution in [0.1, 0.15) is 17.7 Å². The first-order valence-electron chi connectivity index (χ1n) is 18.3. The van der Waals surface area contributed by atoms with Crippen molar-refractivity contribution < 1.29 is 0 Å². The van der Waals surface area contributed by atoms with Gasteiger partial charge >= 0.3 is 0 Å². The fraction of sp³-hybridized carbons (Fsp3) is 0.0444. The number of aromatic nitrogens is 4. The first-order valence-corrected chi connectivity index (χ1v) is 19.1. The minimum atomic E-state index is 0.157. The van der Waals surface area contributed by atoms with Gasteiger partial charge in [0, 0.05) is 48.3 Å². The molecule has 1 aliphatic carbocycles. The van der Waals surface area contributed by atoms with Gasteiger partial charge in [-0.15, -0.1) is 27.7 Å². The molecule has 1 aliphatic rings. The first kappa shape index (κ1) is 35.5. The molecule has 248 valence electrons. The molecule has 0 unspecified atom stereocenters. The summed E-state index contributed by atoms with van der Waals surface area (Å²) in [6, 6.07) is 37.4. The van der Waals surface area contributed by atoms with E-state index in [9.17, 15) is 0 Å². The third kappa shape index (κ3) is 5.51. The second kappa shape index (κ2) is 13.6. The third-order valence-corrected chi connectivity index (χ3v) is 12.0. The van der Waals surface area contributed by atoms with Gasteiger partial charge in [0.05, 0.1) is 16.8 Å². The lowest BCUT2D eigenvalue weighted by atomic mass is 9.64. The van der Waals surface area contributed by atoms with E-state index < -0.39 is 0 Å². The predicted molar refractivity (Wildman–Crippen MR) is 244 cm³/mol. The Morgan fingerprint density at radius 3 is 1.98 bits per heavy atom. The lowest BCUT2D eigenvalue weighted by molar-refractivity contribution is 0.889. The van der Waals surface area contributed by atoms with Crippen LogP contribution in [0.4, 0.5) is 0 Å². The Hall–Kier alpha value is -5.90. The van der Waals surface area contributed by atoms with Crippen molar-refractivity contribution in [2.75, 3.05) is 0 Å². The summed E-state index contributed by atoms with van der Waals surface area (Å²) in [5.41, 5.74) is 10.1. The number of fused-ring (bicyclic) bond motifs is 6. The van der Waals surface area contributed by atoms with E-state index in [2.05, 4.69) is 71.3 Å². The van der Waals surface area contributed by atoms with E-state index in [4.69, 9.17) is 69.9 Å². The van der Waals surface area contributed by atoms with Gasteiger partial charge in [-0.25, -0.2) is 15.0 Å². The van der Waals surface area contributed by atoms with E-state index in [0.29, 0.717) is 42.9 Å². The van der Waals surface area contributed by atoms with Crippen molar-refractivity contribution in [1.82, 2.24) is 19.5 Å². The summed E-state index contributed by atoms with van der Waals surface area (Å²) in [6.07, 6.45) is 6.45. The van der Waals surface area contributed by atoms with Gasteiger partial charge in [-0.3, -0.25) is 0 Å². The normalized spacial score (nSPS) is 12.4. The van der Waals surface area contributed by atoms with Gasteiger partial charge in [0.1, 0.15) is 54.9 Å². The predicted octanol–water partition coefficient (Wildman–Crippen LogP) is 2.97. The number of hydrogen-bond acceptors (Lipinski definition) is 4. The van der Waals surface area contributed by atoms with Crippen molar-refractivity contribution in [3.8, 4) is 51.0 Å². The van der Waals surface area contributed by atoms with Crippen LogP contribution < -0.4 is 38.2 Å². The summed E-state index contributed by atoms with van der Waals surface area (Å²) >= 11 is 1.32. The number of allylic oxidation sites excluding steroid dienone is 1. The Balaban J connectivity index is 1.15. The average Bonchev–Trinajstić information content (AvgIpc) is 3.81. The fourth-order valence-electron chi connectivity index (χ4n) is 7.96. The molecule has 0 saturated heterocycles. The molecule has 9 aromatic rings. The summed E-state index contributed by atoms with van der Waals surface area (Å²) in [7, 11) is 45.7. The van der Waals surface area contributed by atoms with Gasteiger partial charge in [-0.2, -0.15) is 0 Å². The van der Waals surface area contributed by atoms with E-state index in [1.807, 2.05) is 48.5 Å². The molecule has 0 N–H and O–H groups in total. The Bertz CT molecular complexity index is 3150. The number of thiophene rings is 1. The maximum Gasteiger partial charge on any atom is 0.172 e. The quantitative estimate of drug-likeness (QED) is 0.257. The summed E-state index contributed by atoms with van der Waals surface area (Å²) in [5, 5.41) is 2.33. The second-order valence-corrected chi connectivity index (χ2v) is 15.1. The zero-order valence-electron chi connectivity index (χ0n) is 30.5. The van der Waals surface area contributed by atoms with Gasteiger partial charge in [0.2, 0.25) is 0 Å². The third-order valence-electron chi connectivity index (χ3n) is 10.8. The molecule has 0 fully saturated rings. The van der Waals surface area contributed by atoms with Crippen molar-refractivity contribution >= 4 is 142 Å². The Morgan fingerprint density at radius 2 is 1.19 bits per heavy atom. The minimum absolute atomic E-state index is 0.157. The fourth-order valence-corrected chi connectivity index (χ4v) is 9.31. The number of rotatable bonds is 5. The molecule has 10 rings (SSSR count). The lowest BCUT2D eigenvalue weighted by Gasteiger charge is -2.17. The van der Waals surface area contributed by atoms with Crippen LogP contribution in [0.5, 0.6) is 0 Å². The molecule has 0 amide bonds. The maximum absolute atomic E-state index is 6.80. The SMILES string of the molecule is [B]c1c([B])c([B])c2c(sc3c(-c4nc(-c5c#cc(-c6ccccc6-n6c7c(c8ccccc86)C=CCC7)cc5)nc(-c5ccccc5)n4)c([B])c([B])c([B])c32)c1[B]. The van der Waals surface area contributed by atoms with Gasteiger partial charge in [-0.1, -0.05) is 113 Å². The highest BCUT2D eigenvalue weighted by atomic mass is 32.1. The van der Waals surface area contributed by atoms with Crippen LogP contribution in [-0.2, 0) is 6.42 Å². The summed E-state index contributed by atoms with van der Waals surface area (Å²) in [4.78, 5) is 14.9. The summed E-state index contributed by atoms with van der Waals surface area (Å²) < 4.78 is 3.62. The lowest BCUT2D eigenvalue weighted by Crippen LogP contribution is -2.47. The van der Waals surface area contributed by atoms with E-state index in [0.717, 1.165) is 35.2 Å². The molecular formula is C45H21B7N4S. The number of nitrogens with zero attached hydrogens (tertiary/aromatic N) is 4. The van der Waals surface area contributed by atoms with E-state index in [1.165, 1.54) is 33.5 Å². The van der Waals surface area contributed by atoms with Crippen molar-refractivity contribution in [1.29, 1.82) is 0 Å². The van der Waals surface area contributed by atoms with Crippen molar-refractivity contribution in [2.45, 2.75) is 12.8 Å². The molecule has 0 spiro atoms. The Labute approximate surface area is 343 Å². The zero-order chi connectivity index (χ0) is 39.1. The largest absolute Gasteiger partial charge is 0.312 e. The highest BCUT2D eigenvalue weighted by Crippen LogP contribution is 2.38. The molecule has 57 heavy (non-hydrogen) atoms. The van der Waals surface area contributed by atoms with Crippen LogP contribution in [0.25, 0.3) is 88.1 Å². The highest BCUT2D eigenvalue weighted by Gasteiger charge is 2.24. The topological polar surface area (TPSA) is 43.6 Å². The van der Waals surface area contributed by atoms with Crippen LogP contribution in [0, 0.1) is 12.1 Å². The van der Waals surface area contributed by atoms with E-state index >= 15 is 0 Å². The van der Waals surface area contributed by atoms with Crippen LogP contribution >= 0.6 is 11.3 Å². The van der Waals surface area contributed by atoms with Crippen molar-refractivity contribution in [3.63, 3.8) is 0 Å². The molecule has 6 aromatic carbocycles. The summed E-state index contributed by atoms with van der Waals surface area (Å²) in [5.74, 6) is 1.07. The van der Waals surface area contributed by atoms with Crippen LogP contribution in [0.2, 0.25) is 0 Å². The molecule has 0 bridgehead atoms. The number of hydrogen-bond donors (Lipinski definition) is 0. The minimum Gasteiger partial charge on any atom is -0.312 e. The van der Waals surface area contributed by atoms with Crippen LogP contribution in [-0.4, -0.2) is 74.4 Å². The maximum atomic E-state index is 6.80. The standard InChI is InChI=1S/C45H21B7N4S/c46-34-31-32-35(47)38(50)39(51)40(52)42(32)57-41(31)33(36(48)37(34)49)45-54-43(23-10-2-1-3-11-23)53-44(55-45)24-20-18-22(19-21-24)25-12-4-7-15-28(25)56-29-16-8-5-13-26(29)27-14-6-9-17-30(27)56/h1-8,10-16,18,20H,9,17H2. The number of benzene rings is 5. The molecular weight excluding hydrogens is 704 g/mol. The molecule has 0 atom stereocenters.